The first-order valence-corrected chi connectivity index (χ1v) is 11.1. The number of likely N-dealkylation sites (tertiary alicyclic amines) is 1. The molecule has 2 fully saturated rings. The van der Waals surface area contributed by atoms with Crippen LogP contribution in [0.4, 0.5) is 4.39 Å². The molecule has 1 atom stereocenters. The molecule has 5 nitrogen and oxygen atoms in total. The van der Waals surface area contributed by atoms with Crippen LogP contribution in [0.3, 0.4) is 0 Å². The zero-order chi connectivity index (χ0) is 18.6. The Morgan fingerprint density at radius 2 is 1.81 bits per heavy atom. The van der Waals surface area contributed by atoms with Gasteiger partial charge >= 0.3 is 0 Å². The van der Waals surface area contributed by atoms with Gasteiger partial charge in [-0.25, -0.2) is 17.1 Å². The molecule has 0 aromatic heterocycles. The predicted octanol–water partition coefficient (Wildman–Crippen LogP) is 2.73. The third-order valence-electron chi connectivity index (χ3n) is 5.63. The predicted molar refractivity (Wildman–Crippen MR) is 100 cm³/mol. The average molecular weight is 385 g/mol. The summed E-state index contributed by atoms with van der Waals surface area (Å²) in [5.41, 5.74) is 0.109. The third kappa shape index (κ3) is 4.75. The number of piperidine rings is 2. The Morgan fingerprint density at radius 3 is 2.50 bits per heavy atom. The number of rotatable bonds is 6. The molecule has 7 heteroatoms. The highest BCUT2D eigenvalue weighted by atomic mass is 32.2. The van der Waals surface area contributed by atoms with Crippen LogP contribution in [0.5, 0.6) is 5.75 Å². The minimum atomic E-state index is -3.35. The van der Waals surface area contributed by atoms with Crippen LogP contribution < -0.4 is 4.74 Å². The number of sulfonamides is 1. The van der Waals surface area contributed by atoms with E-state index in [1.165, 1.54) is 24.3 Å². The van der Waals surface area contributed by atoms with Gasteiger partial charge in [-0.15, -0.1) is 0 Å². The fourth-order valence-electron chi connectivity index (χ4n) is 4.24. The van der Waals surface area contributed by atoms with Crippen molar-refractivity contribution < 1.29 is 17.5 Å². The van der Waals surface area contributed by atoms with Gasteiger partial charge < -0.3 is 9.64 Å². The fraction of sp³-hybridized carbons (Fsp3) is 0.684. The minimum absolute atomic E-state index is 0.0437. The number of ether oxygens (including phenoxy) is 1. The van der Waals surface area contributed by atoms with E-state index in [4.69, 9.17) is 4.74 Å². The molecule has 2 aliphatic rings. The van der Waals surface area contributed by atoms with Gasteiger partial charge in [0.05, 0.1) is 5.75 Å². The van der Waals surface area contributed by atoms with E-state index >= 15 is 0 Å². The van der Waals surface area contributed by atoms with Gasteiger partial charge in [-0.1, -0.05) is 6.92 Å². The molecule has 0 N–H and O–H groups in total. The first-order valence-electron chi connectivity index (χ1n) is 9.51. The van der Waals surface area contributed by atoms with Gasteiger partial charge in [0.25, 0.3) is 0 Å². The van der Waals surface area contributed by atoms with Gasteiger partial charge in [0.1, 0.15) is 18.2 Å². The van der Waals surface area contributed by atoms with Crippen molar-refractivity contribution in [2.75, 3.05) is 45.1 Å². The molecule has 0 aliphatic carbocycles. The van der Waals surface area contributed by atoms with Crippen molar-refractivity contribution in [3.8, 4) is 5.75 Å². The second-order valence-corrected chi connectivity index (χ2v) is 9.62. The molecule has 1 aromatic carbocycles. The van der Waals surface area contributed by atoms with Crippen LogP contribution in [0.15, 0.2) is 24.3 Å². The summed E-state index contributed by atoms with van der Waals surface area (Å²) in [6.45, 7) is 6.63. The highest BCUT2D eigenvalue weighted by molar-refractivity contribution is 7.89. The zero-order valence-electron chi connectivity index (χ0n) is 15.5. The van der Waals surface area contributed by atoms with Gasteiger partial charge in [-0.3, -0.25) is 0 Å². The molecule has 0 saturated carbocycles. The number of benzene rings is 1. The maximum atomic E-state index is 12.9. The second kappa shape index (κ2) is 8.23. The van der Waals surface area contributed by atoms with Crippen LogP contribution in [0.25, 0.3) is 0 Å². The van der Waals surface area contributed by atoms with E-state index in [9.17, 15) is 12.8 Å². The van der Waals surface area contributed by atoms with Crippen molar-refractivity contribution in [3.05, 3.63) is 30.1 Å². The number of hydrogen-bond acceptors (Lipinski definition) is 4. The fourth-order valence-corrected chi connectivity index (χ4v) is 5.67. The van der Waals surface area contributed by atoms with Crippen LogP contribution in [0.1, 0.15) is 32.6 Å². The Balaban J connectivity index is 1.57. The maximum absolute atomic E-state index is 12.9. The Labute approximate surface area is 156 Å². The van der Waals surface area contributed by atoms with Gasteiger partial charge in [-0.05, 0) is 68.5 Å². The molecule has 146 valence electrons. The van der Waals surface area contributed by atoms with Crippen molar-refractivity contribution in [1.82, 2.24) is 9.21 Å². The molecule has 2 heterocycles. The lowest BCUT2D eigenvalue weighted by Crippen LogP contribution is -2.54. The molecule has 2 aliphatic heterocycles. The molecule has 2 saturated heterocycles. The van der Waals surface area contributed by atoms with E-state index in [1.807, 2.05) is 0 Å². The maximum Gasteiger partial charge on any atom is 0.217 e. The average Bonchev–Trinajstić information content (AvgIpc) is 2.63. The van der Waals surface area contributed by atoms with Crippen molar-refractivity contribution in [2.45, 2.75) is 32.6 Å². The van der Waals surface area contributed by atoms with Crippen molar-refractivity contribution >= 4 is 10.0 Å². The normalized spacial score (nSPS) is 25.5. The van der Waals surface area contributed by atoms with Crippen LogP contribution in [0, 0.1) is 11.2 Å². The van der Waals surface area contributed by atoms with Crippen molar-refractivity contribution in [3.63, 3.8) is 0 Å². The summed E-state index contributed by atoms with van der Waals surface area (Å²) < 4.78 is 45.6. The Morgan fingerprint density at radius 1 is 1.12 bits per heavy atom. The molecule has 0 amide bonds. The smallest absolute Gasteiger partial charge is 0.217 e. The number of nitrogens with zero attached hydrogens (tertiary/aromatic N) is 2. The van der Waals surface area contributed by atoms with Gasteiger partial charge in [0, 0.05) is 19.6 Å². The topological polar surface area (TPSA) is 49.9 Å². The summed E-state index contributed by atoms with van der Waals surface area (Å²) in [5, 5.41) is 0. The molecular weight excluding hydrogens is 355 g/mol. The third-order valence-corrected chi connectivity index (χ3v) is 7.41. The Hall–Kier alpha value is -1.18. The summed E-state index contributed by atoms with van der Waals surface area (Å²) in [6, 6.07) is 5.64. The highest BCUT2D eigenvalue weighted by Gasteiger charge is 2.41. The van der Waals surface area contributed by atoms with Crippen LogP contribution >= 0.6 is 0 Å². The van der Waals surface area contributed by atoms with E-state index in [0.717, 1.165) is 45.3 Å². The van der Waals surface area contributed by atoms with Crippen molar-refractivity contribution in [1.29, 1.82) is 0 Å². The highest BCUT2D eigenvalue weighted by Crippen LogP contribution is 2.39. The summed E-state index contributed by atoms with van der Waals surface area (Å²) >= 11 is 0. The SMILES string of the molecule is CCN1CCCC2(CCCN(S(=O)(=O)CCOc3ccc(F)cc3)C2)C1. The molecular formula is C19H29FN2O3S. The first kappa shape index (κ1) is 19.6. The van der Waals surface area contributed by atoms with Gasteiger partial charge in [0.2, 0.25) is 10.0 Å². The van der Waals surface area contributed by atoms with E-state index in [-0.39, 0.29) is 23.6 Å². The standard InChI is InChI=1S/C19H29FN2O3S/c1-2-21-11-3-9-19(15-21)10-4-12-22(16-19)26(23,24)14-13-25-18-7-5-17(20)6-8-18/h5-8H,2-4,9-16H2,1H3. The summed E-state index contributed by atoms with van der Waals surface area (Å²) in [5.74, 6) is 0.109. The first-order chi connectivity index (χ1) is 12.4. The van der Waals surface area contributed by atoms with Crippen LogP contribution in [-0.2, 0) is 10.0 Å². The van der Waals surface area contributed by atoms with E-state index in [1.54, 1.807) is 4.31 Å². The van der Waals surface area contributed by atoms with Gasteiger partial charge in [-0.2, -0.15) is 0 Å². The number of hydrogen-bond donors (Lipinski definition) is 0. The second-order valence-electron chi connectivity index (χ2n) is 7.53. The quantitative estimate of drug-likeness (QED) is 0.757. The monoisotopic (exact) mass is 384 g/mol. The summed E-state index contributed by atoms with van der Waals surface area (Å²) in [4.78, 5) is 2.44. The summed E-state index contributed by atoms with van der Waals surface area (Å²) in [6.07, 6.45) is 4.30. The molecule has 1 unspecified atom stereocenters. The molecule has 3 rings (SSSR count). The minimum Gasteiger partial charge on any atom is -0.492 e. The molecule has 1 aromatic rings. The van der Waals surface area contributed by atoms with E-state index in [2.05, 4.69) is 11.8 Å². The van der Waals surface area contributed by atoms with E-state index < -0.39 is 10.0 Å². The molecule has 1 spiro atoms. The number of halogens is 1. The molecule has 0 radical (unpaired) electrons. The molecule has 26 heavy (non-hydrogen) atoms. The van der Waals surface area contributed by atoms with Crippen LogP contribution in [-0.4, -0.2) is 62.7 Å². The zero-order valence-corrected chi connectivity index (χ0v) is 16.3. The lowest BCUT2D eigenvalue weighted by molar-refractivity contribution is 0.0426. The summed E-state index contributed by atoms with van der Waals surface area (Å²) in [7, 11) is -3.35. The Kier molecular flexibility index (Phi) is 6.20. The van der Waals surface area contributed by atoms with Crippen LogP contribution in [0.2, 0.25) is 0 Å². The van der Waals surface area contributed by atoms with Crippen molar-refractivity contribution in [2.24, 2.45) is 5.41 Å². The lowest BCUT2D eigenvalue weighted by Gasteiger charge is -2.48. The van der Waals surface area contributed by atoms with Gasteiger partial charge in [0.15, 0.2) is 0 Å². The lowest BCUT2D eigenvalue weighted by atomic mass is 9.74. The Bertz CT molecular complexity index is 691. The largest absolute Gasteiger partial charge is 0.492 e. The van der Waals surface area contributed by atoms with E-state index in [0.29, 0.717) is 18.8 Å². The molecule has 0 bridgehead atoms.